The number of anilines is 1. The average molecular weight is 235 g/mol. The molecule has 1 N–H and O–H groups in total. The summed E-state index contributed by atoms with van der Waals surface area (Å²) in [5.74, 6) is 2.79. The second-order valence-corrected chi connectivity index (χ2v) is 5.73. The molecule has 1 fully saturated rings. The van der Waals surface area contributed by atoms with Crippen LogP contribution in [0.5, 0.6) is 0 Å². The number of nitrogens with one attached hydrogen (secondary N) is 1. The predicted octanol–water partition coefficient (Wildman–Crippen LogP) is 3.44. The van der Waals surface area contributed by atoms with Crippen molar-refractivity contribution in [1.82, 2.24) is 9.78 Å². The van der Waals surface area contributed by atoms with Crippen molar-refractivity contribution in [2.24, 2.45) is 18.9 Å². The van der Waals surface area contributed by atoms with Crippen LogP contribution in [0.25, 0.3) is 0 Å². The molecule has 0 saturated heterocycles. The molecule has 0 aromatic carbocycles. The van der Waals surface area contributed by atoms with E-state index in [0.29, 0.717) is 6.04 Å². The Morgan fingerprint density at radius 2 is 2.12 bits per heavy atom. The lowest BCUT2D eigenvalue weighted by molar-refractivity contribution is 0.341. The number of aryl methyl sites for hydroxylation is 1. The van der Waals surface area contributed by atoms with Gasteiger partial charge in [-0.05, 0) is 31.1 Å². The molecule has 1 heterocycles. The number of nitrogens with zero attached hydrogens (tertiary/aromatic N) is 2. The molecule has 2 atom stereocenters. The van der Waals surface area contributed by atoms with E-state index in [0.717, 1.165) is 17.7 Å². The monoisotopic (exact) mass is 235 g/mol. The molecule has 3 heteroatoms. The molecular formula is C14H25N3. The van der Waals surface area contributed by atoms with Gasteiger partial charge >= 0.3 is 0 Å². The number of aromatic nitrogens is 2. The Morgan fingerprint density at radius 1 is 1.29 bits per heavy atom. The largest absolute Gasteiger partial charge is 0.366 e. The predicted molar refractivity (Wildman–Crippen MR) is 72.0 cm³/mol. The first kappa shape index (κ1) is 12.5. The van der Waals surface area contributed by atoms with Gasteiger partial charge < -0.3 is 5.32 Å². The van der Waals surface area contributed by atoms with Gasteiger partial charge in [-0.15, -0.1) is 0 Å². The van der Waals surface area contributed by atoms with E-state index in [1.807, 2.05) is 17.9 Å². The summed E-state index contributed by atoms with van der Waals surface area (Å²) in [4.78, 5) is 0. The van der Waals surface area contributed by atoms with Crippen LogP contribution < -0.4 is 5.32 Å². The highest BCUT2D eigenvalue weighted by molar-refractivity contribution is 5.33. The van der Waals surface area contributed by atoms with Crippen molar-refractivity contribution in [2.75, 3.05) is 5.32 Å². The van der Waals surface area contributed by atoms with E-state index in [-0.39, 0.29) is 0 Å². The third-order valence-corrected chi connectivity index (χ3v) is 4.02. The first-order valence-corrected chi connectivity index (χ1v) is 6.91. The summed E-state index contributed by atoms with van der Waals surface area (Å²) in [6, 6.07) is 2.68. The summed E-state index contributed by atoms with van der Waals surface area (Å²) in [6.07, 6.45) is 8.70. The number of hydrogen-bond donors (Lipinski definition) is 1. The maximum atomic E-state index is 4.40. The molecular weight excluding hydrogens is 210 g/mol. The minimum absolute atomic E-state index is 0.619. The second-order valence-electron chi connectivity index (χ2n) is 5.73. The third kappa shape index (κ3) is 3.48. The lowest BCUT2D eigenvalue weighted by Crippen LogP contribution is -2.19. The van der Waals surface area contributed by atoms with E-state index < -0.39 is 0 Å². The van der Waals surface area contributed by atoms with Crippen molar-refractivity contribution in [3.8, 4) is 0 Å². The van der Waals surface area contributed by atoms with Crippen LogP contribution in [-0.2, 0) is 7.05 Å². The van der Waals surface area contributed by atoms with Crippen LogP contribution in [-0.4, -0.2) is 15.8 Å². The average Bonchev–Trinajstić information content (AvgIpc) is 2.54. The highest BCUT2D eigenvalue weighted by Gasteiger charge is 2.21. The van der Waals surface area contributed by atoms with Gasteiger partial charge in [-0.1, -0.05) is 26.7 Å². The molecule has 0 aliphatic heterocycles. The van der Waals surface area contributed by atoms with Gasteiger partial charge in [0.2, 0.25) is 0 Å². The molecule has 2 unspecified atom stereocenters. The van der Waals surface area contributed by atoms with Gasteiger partial charge in [-0.25, -0.2) is 0 Å². The SMILES string of the molecule is CC(C)C1CCCC(Nc2ccn(C)n2)CC1. The first-order chi connectivity index (χ1) is 8.15. The van der Waals surface area contributed by atoms with Crippen LogP contribution in [0.2, 0.25) is 0 Å². The van der Waals surface area contributed by atoms with Crippen molar-refractivity contribution in [2.45, 2.75) is 52.0 Å². The van der Waals surface area contributed by atoms with E-state index in [1.54, 1.807) is 0 Å². The molecule has 0 radical (unpaired) electrons. The summed E-state index contributed by atoms with van der Waals surface area (Å²) in [5, 5.41) is 7.96. The fourth-order valence-corrected chi connectivity index (χ4v) is 2.84. The first-order valence-electron chi connectivity index (χ1n) is 6.91. The van der Waals surface area contributed by atoms with Gasteiger partial charge in [-0.3, -0.25) is 4.68 Å². The molecule has 1 aliphatic carbocycles. The zero-order chi connectivity index (χ0) is 12.3. The van der Waals surface area contributed by atoms with E-state index in [9.17, 15) is 0 Å². The highest BCUT2D eigenvalue weighted by atomic mass is 15.3. The Kier molecular flexibility index (Phi) is 4.08. The van der Waals surface area contributed by atoms with Gasteiger partial charge in [0.15, 0.2) is 0 Å². The summed E-state index contributed by atoms with van der Waals surface area (Å²) in [5.41, 5.74) is 0. The van der Waals surface area contributed by atoms with E-state index >= 15 is 0 Å². The molecule has 2 rings (SSSR count). The van der Waals surface area contributed by atoms with Crippen LogP contribution in [0.3, 0.4) is 0 Å². The topological polar surface area (TPSA) is 29.9 Å². The van der Waals surface area contributed by atoms with Crippen molar-refractivity contribution >= 4 is 5.82 Å². The minimum atomic E-state index is 0.619. The molecule has 96 valence electrons. The van der Waals surface area contributed by atoms with Gasteiger partial charge in [0.1, 0.15) is 5.82 Å². The smallest absolute Gasteiger partial charge is 0.148 e. The highest BCUT2D eigenvalue weighted by Crippen LogP contribution is 2.29. The quantitative estimate of drug-likeness (QED) is 0.813. The number of hydrogen-bond acceptors (Lipinski definition) is 2. The Hall–Kier alpha value is -0.990. The van der Waals surface area contributed by atoms with Crippen LogP contribution >= 0.6 is 0 Å². The lowest BCUT2D eigenvalue weighted by atomic mass is 9.89. The lowest BCUT2D eigenvalue weighted by Gasteiger charge is -2.19. The Balaban J connectivity index is 1.86. The maximum Gasteiger partial charge on any atom is 0.148 e. The summed E-state index contributed by atoms with van der Waals surface area (Å²) in [7, 11) is 1.97. The Labute approximate surface area is 105 Å². The van der Waals surface area contributed by atoms with Crippen molar-refractivity contribution < 1.29 is 0 Å². The third-order valence-electron chi connectivity index (χ3n) is 4.02. The Morgan fingerprint density at radius 3 is 2.76 bits per heavy atom. The zero-order valence-electron chi connectivity index (χ0n) is 11.3. The summed E-state index contributed by atoms with van der Waals surface area (Å²) < 4.78 is 1.86. The molecule has 0 spiro atoms. The molecule has 17 heavy (non-hydrogen) atoms. The molecule has 1 aromatic rings. The fourth-order valence-electron chi connectivity index (χ4n) is 2.84. The van der Waals surface area contributed by atoms with Gasteiger partial charge in [-0.2, -0.15) is 5.10 Å². The molecule has 3 nitrogen and oxygen atoms in total. The van der Waals surface area contributed by atoms with Crippen molar-refractivity contribution in [3.05, 3.63) is 12.3 Å². The molecule has 1 saturated carbocycles. The standard InChI is InChI=1S/C14H25N3/c1-11(2)12-5-4-6-13(8-7-12)15-14-9-10-17(3)16-14/h9-13H,4-8H2,1-3H3,(H,15,16). The zero-order valence-corrected chi connectivity index (χ0v) is 11.3. The van der Waals surface area contributed by atoms with Crippen LogP contribution in [0, 0.1) is 11.8 Å². The summed E-state index contributed by atoms with van der Waals surface area (Å²) in [6.45, 7) is 4.72. The van der Waals surface area contributed by atoms with Crippen LogP contribution in [0.1, 0.15) is 46.0 Å². The van der Waals surface area contributed by atoms with E-state index in [4.69, 9.17) is 0 Å². The molecule has 1 aromatic heterocycles. The molecule has 0 amide bonds. The van der Waals surface area contributed by atoms with Crippen LogP contribution in [0.4, 0.5) is 5.82 Å². The fraction of sp³-hybridized carbons (Fsp3) is 0.786. The van der Waals surface area contributed by atoms with Crippen LogP contribution in [0.15, 0.2) is 12.3 Å². The summed E-state index contributed by atoms with van der Waals surface area (Å²) >= 11 is 0. The van der Waals surface area contributed by atoms with Gasteiger partial charge in [0, 0.05) is 25.4 Å². The molecule has 1 aliphatic rings. The minimum Gasteiger partial charge on any atom is -0.366 e. The van der Waals surface area contributed by atoms with E-state index in [1.165, 1.54) is 32.1 Å². The van der Waals surface area contributed by atoms with Crippen molar-refractivity contribution in [3.63, 3.8) is 0 Å². The van der Waals surface area contributed by atoms with Crippen molar-refractivity contribution in [1.29, 1.82) is 0 Å². The Bertz CT molecular complexity index is 343. The maximum absolute atomic E-state index is 4.40. The van der Waals surface area contributed by atoms with E-state index in [2.05, 4.69) is 30.3 Å². The molecule has 0 bridgehead atoms. The number of rotatable bonds is 3. The van der Waals surface area contributed by atoms with Gasteiger partial charge in [0.05, 0.1) is 0 Å². The second kappa shape index (κ2) is 5.56. The van der Waals surface area contributed by atoms with Gasteiger partial charge in [0.25, 0.3) is 0 Å². The normalized spacial score (nSPS) is 25.9.